The van der Waals surface area contributed by atoms with E-state index in [1.807, 2.05) is 4.90 Å². The van der Waals surface area contributed by atoms with Crippen LogP contribution in [0.1, 0.15) is 52.0 Å². The van der Waals surface area contributed by atoms with Crippen molar-refractivity contribution in [3.63, 3.8) is 0 Å². The molecule has 2 aromatic rings. The third-order valence-corrected chi connectivity index (χ3v) is 9.00. The van der Waals surface area contributed by atoms with Crippen molar-refractivity contribution >= 4 is 52.0 Å². The van der Waals surface area contributed by atoms with Gasteiger partial charge in [-0.3, -0.25) is 10.1 Å². The van der Waals surface area contributed by atoms with Crippen molar-refractivity contribution in [3.05, 3.63) is 36.0 Å². The molecule has 1 aliphatic carbocycles. The smallest absolute Gasteiger partial charge is 0.323 e. The van der Waals surface area contributed by atoms with Crippen molar-refractivity contribution in [3.8, 4) is 0 Å². The van der Waals surface area contributed by atoms with E-state index in [2.05, 4.69) is 47.7 Å². The highest BCUT2D eigenvalue weighted by molar-refractivity contribution is 8.03. The molecular formula is C24H33N3O3S3. The largest absolute Gasteiger partial charge is 0.480 e. The number of hydrogen-bond acceptors (Lipinski definition) is 6. The van der Waals surface area contributed by atoms with Crippen LogP contribution in [0.4, 0.5) is 9.93 Å². The molecule has 180 valence electrons. The Balaban J connectivity index is 1.67. The van der Waals surface area contributed by atoms with Crippen LogP contribution in [0.2, 0.25) is 0 Å². The predicted octanol–water partition coefficient (Wildman–Crippen LogP) is 6.48. The maximum absolute atomic E-state index is 13.3. The van der Waals surface area contributed by atoms with E-state index in [0.717, 1.165) is 36.3 Å². The van der Waals surface area contributed by atoms with Gasteiger partial charge in [-0.2, -0.15) is 0 Å². The van der Waals surface area contributed by atoms with E-state index in [1.54, 1.807) is 31.8 Å². The molecule has 1 fully saturated rings. The number of hydrogen-bond donors (Lipinski definition) is 2. The lowest BCUT2D eigenvalue weighted by Gasteiger charge is -2.36. The Hall–Kier alpha value is -1.71. The minimum atomic E-state index is -0.954. The van der Waals surface area contributed by atoms with Gasteiger partial charge in [0.2, 0.25) is 0 Å². The van der Waals surface area contributed by atoms with Gasteiger partial charge in [0, 0.05) is 17.5 Å². The van der Waals surface area contributed by atoms with Crippen LogP contribution in [0, 0.1) is 5.92 Å². The van der Waals surface area contributed by atoms with Gasteiger partial charge >= 0.3 is 12.0 Å². The van der Waals surface area contributed by atoms with Crippen molar-refractivity contribution in [1.82, 2.24) is 9.88 Å². The Morgan fingerprint density at radius 2 is 1.88 bits per heavy atom. The third kappa shape index (κ3) is 7.39. The first-order valence-electron chi connectivity index (χ1n) is 11.3. The molecule has 1 aromatic heterocycles. The van der Waals surface area contributed by atoms with E-state index in [0.29, 0.717) is 17.6 Å². The summed E-state index contributed by atoms with van der Waals surface area (Å²) in [5, 5.41) is 12.8. The van der Waals surface area contributed by atoms with Crippen molar-refractivity contribution in [1.29, 1.82) is 0 Å². The summed E-state index contributed by atoms with van der Waals surface area (Å²) >= 11 is 4.28. The molecule has 9 heteroatoms. The number of benzene rings is 1. The van der Waals surface area contributed by atoms with Gasteiger partial charge in [0.15, 0.2) is 5.13 Å². The molecule has 1 aromatic carbocycles. The summed E-state index contributed by atoms with van der Waals surface area (Å²) in [6, 6.07) is 8.63. The Morgan fingerprint density at radius 3 is 2.48 bits per heavy atom. The van der Waals surface area contributed by atoms with E-state index < -0.39 is 10.7 Å². The predicted molar refractivity (Wildman–Crippen MR) is 139 cm³/mol. The van der Waals surface area contributed by atoms with Crippen molar-refractivity contribution in [2.75, 3.05) is 18.1 Å². The number of urea groups is 1. The van der Waals surface area contributed by atoms with Crippen LogP contribution in [0.3, 0.4) is 0 Å². The molecule has 1 aliphatic rings. The van der Waals surface area contributed by atoms with Crippen LogP contribution >= 0.6 is 34.9 Å². The molecule has 0 aliphatic heterocycles. The highest BCUT2D eigenvalue weighted by Gasteiger charge is 2.30. The van der Waals surface area contributed by atoms with E-state index in [-0.39, 0.29) is 12.1 Å². The van der Waals surface area contributed by atoms with Crippen LogP contribution < -0.4 is 5.32 Å². The average molecular weight is 508 g/mol. The fraction of sp³-hybridized carbons (Fsp3) is 0.542. The molecule has 0 bridgehead atoms. The Kier molecular flexibility index (Phi) is 9.12. The maximum Gasteiger partial charge on any atom is 0.323 e. The van der Waals surface area contributed by atoms with Gasteiger partial charge in [-0.25, -0.2) is 9.78 Å². The number of aliphatic carboxylic acids is 1. The molecule has 0 radical (unpaired) electrons. The zero-order valence-corrected chi connectivity index (χ0v) is 22.1. The summed E-state index contributed by atoms with van der Waals surface area (Å²) in [6.07, 6.45) is 8.82. The quantitative estimate of drug-likeness (QED) is 0.378. The Bertz CT molecular complexity index is 938. The molecule has 33 heavy (non-hydrogen) atoms. The molecule has 0 spiro atoms. The molecule has 0 unspecified atom stereocenters. The molecule has 2 amide bonds. The second kappa shape index (κ2) is 11.6. The minimum Gasteiger partial charge on any atom is -0.480 e. The first-order chi connectivity index (χ1) is 15.7. The molecule has 3 rings (SSSR count). The number of anilines is 1. The SMILES string of the molecule is CSc1ccc(CCN(C(=O)Nc2ncc(SC(C)(C)C(=O)O)s2)C2CCC(C)CC2)cc1. The number of thioether (sulfide) groups is 2. The fourth-order valence-electron chi connectivity index (χ4n) is 3.87. The highest BCUT2D eigenvalue weighted by Crippen LogP contribution is 2.37. The summed E-state index contributed by atoms with van der Waals surface area (Å²) in [4.78, 5) is 32.2. The summed E-state index contributed by atoms with van der Waals surface area (Å²) < 4.78 is -0.186. The molecule has 0 saturated heterocycles. The van der Waals surface area contributed by atoms with Gasteiger partial charge in [0.05, 0.1) is 10.4 Å². The number of carboxylic acids is 1. The maximum atomic E-state index is 13.3. The monoisotopic (exact) mass is 507 g/mol. The number of aromatic nitrogens is 1. The fourth-order valence-corrected chi connectivity index (χ4v) is 6.54. The molecule has 6 nitrogen and oxygen atoms in total. The van der Waals surface area contributed by atoms with Gasteiger partial charge in [-0.15, -0.1) is 11.8 Å². The zero-order valence-electron chi connectivity index (χ0n) is 19.7. The van der Waals surface area contributed by atoms with Crippen molar-refractivity contribution in [2.45, 2.75) is 72.8 Å². The molecular weight excluding hydrogens is 474 g/mol. The second-order valence-corrected chi connectivity index (χ2v) is 12.9. The lowest BCUT2D eigenvalue weighted by atomic mass is 9.86. The number of nitrogens with one attached hydrogen (secondary N) is 1. The van der Waals surface area contributed by atoms with E-state index >= 15 is 0 Å². The summed E-state index contributed by atoms with van der Waals surface area (Å²) in [7, 11) is 0. The van der Waals surface area contributed by atoms with Gasteiger partial charge in [-0.1, -0.05) is 42.2 Å². The topological polar surface area (TPSA) is 82.5 Å². The van der Waals surface area contributed by atoms with E-state index in [4.69, 9.17) is 0 Å². The lowest BCUT2D eigenvalue weighted by Crippen LogP contribution is -2.45. The number of amides is 2. The minimum absolute atomic E-state index is 0.126. The molecule has 2 N–H and O–H groups in total. The van der Waals surface area contributed by atoms with Crippen molar-refractivity contribution in [2.24, 2.45) is 5.92 Å². The number of carboxylic acid groups (broad SMARTS) is 1. The van der Waals surface area contributed by atoms with Gasteiger partial charge in [0.1, 0.15) is 4.75 Å². The van der Waals surface area contributed by atoms with Crippen LogP contribution in [-0.2, 0) is 11.2 Å². The molecule has 1 heterocycles. The zero-order chi connectivity index (χ0) is 24.0. The first kappa shape index (κ1) is 25.9. The number of nitrogens with zero attached hydrogens (tertiary/aromatic N) is 2. The lowest BCUT2D eigenvalue weighted by molar-refractivity contribution is -0.138. The average Bonchev–Trinajstić information content (AvgIpc) is 3.21. The Morgan fingerprint density at radius 1 is 1.21 bits per heavy atom. The van der Waals surface area contributed by atoms with Gasteiger partial charge in [-0.05, 0) is 75.8 Å². The third-order valence-electron chi connectivity index (χ3n) is 6.06. The van der Waals surface area contributed by atoms with Gasteiger partial charge < -0.3 is 10.0 Å². The molecule has 0 atom stereocenters. The van der Waals surface area contributed by atoms with E-state index in [9.17, 15) is 14.7 Å². The summed E-state index contributed by atoms with van der Waals surface area (Å²) in [6.45, 7) is 6.26. The molecule has 1 saturated carbocycles. The van der Waals surface area contributed by atoms with Crippen LogP contribution in [0.15, 0.2) is 39.6 Å². The van der Waals surface area contributed by atoms with Crippen LogP contribution in [0.5, 0.6) is 0 Å². The van der Waals surface area contributed by atoms with Crippen LogP contribution in [0.25, 0.3) is 0 Å². The van der Waals surface area contributed by atoms with Crippen molar-refractivity contribution < 1.29 is 14.7 Å². The second-order valence-electron chi connectivity index (χ2n) is 9.04. The van der Waals surface area contributed by atoms with Gasteiger partial charge in [0.25, 0.3) is 0 Å². The number of rotatable bonds is 9. The Labute approximate surface area is 208 Å². The first-order valence-corrected chi connectivity index (χ1v) is 14.1. The summed E-state index contributed by atoms with van der Waals surface area (Å²) in [5.74, 6) is -0.170. The number of carbonyl (C=O) groups excluding carboxylic acids is 1. The highest BCUT2D eigenvalue weighted by atomic mass is 32.2. The standard InChI is InChI=1S/C24H33N3O3S3/c1-16-5-9-18(10-6-16)27(14-13-17-7-11-19(31-4)12-8-17)23(30)26-22-25-15-20(32-22)33-24(2,3)21(28)29/h7-8,11-12,15-16,18H,5-6,9-10,13-14H2,1-4H3,(H,28,29)(H,25,26,30). The van der Waals surface area contributed by atoms with E-state index in [1.165, 1.54) is 33.6 Å². The number of carbonyl (C=O) groups is 2. The normalized spacial score (nSPS) is 18.7. The number of thiazole rings is 1. The summed E-state index contributed by atoms with van der Waals surface area (Å²) in [5.41, 5.74) is 1.22. The van der Waals surface area contributed by atoms with Crippen LogP contribution in [-0.4, -0.2) is 50.6 Å².